The maximum atomic E-state index is 3.66. The third kappa shape index (κ3) is 2.66. The van der Waals surface area contributed by atoms with Crippen LogP contribution in [0.5, 0.6) is 0 Å². The highest BCUT2D eigenvalue weighted by Gasteiger charge is 2.67. The molecule has 1 heterocycles. The van der Waals surface area contributed by atoms with Gasteiger partial charge in [-0.3, -0.25) is 4.90 Å². The van der Waals surface area contributed by atoms with E-state index in [0.29, 0.717) is 5.41 Å². The van der Waals surface area contributed by atoms with Gasteiger partial charge in [0.2, 0.25) is 0 Å². The van der Waals surface area contributed by atoms with Gasteiger partial charge in [0.25, 0.3) is 0 Å². The number of fused-ring (bicyclic) bond motifs is 1. The molecular weight excluding hydrogens is 346 g/mol. The van der Waals surface area contributed by atoms with E-state index >= 15 is 0 Å². The molecule has 0 amide bonds. The Hall–Kier alpha value is -1.12. The average Bonchev–Trinajstić information content (AvgIpc) is 2.93. The molecule has 1 saturated heterocycles. The van der Waals surface area contributed by atoms with Crippen molar-refractivity contribution in [2.24, 2.45) is 11.8 Å². The van der Waals surface area contributed by atoms with Gasteiger partial charge < -0.3 is 0 Å². The highest BCUT2D eigenvalue weighted by Crippen LogP contribution is 2.66. The van der Waals surface area contributed by atoms with Crippen molar-refractivity contribution >= 4 is 15.9 Å². The van der Waals surface area contributed by atoms with Crippen molar-refractivity contribution in [2.75, 3.05) is 13.1 Å². The van der Waals surface area contributed by atoms with Crippen LogP contribution in [0.3, 0.4) is 0 Å². The molecule has 0 aromatic heterocycles. The second kappa shape index (κ2) is 6.07. The lowest BCUT2D eigenvalue weighted by molar-refractivity contribution is 0.259. The van der Waals surface area contributed by atoms with Crippen LogP contribution in [0.2, 0.25) is 0 Å². The van der Waals surface area contributed by atoms with E-state index in [4.69, 9.17) is 0 Å². The minimum absolute atomic E-state index is 0.450. The van der Waals surface area contributed by atoms with Crippen LogP contribution < -0.4 is 0 Å². The molecule has 0 radical (unpaired) electrons. The Morgan fingerprint density at radius 2 is 1.78 bits per heavy atom. The Labute approximate surface area is 147 Å². The van der Waals surface area contributed by atoms with Gasteiger partial charge >= 0.3 is 0 Å². The number of rotatable bonds is 5. The summed E-state index contributed by atoms with van der Waals surface area (Å²) >= 11 is 3.66. The number of nitrogens with zero attached hydrogens (tertiary/aromatic N) is 1. The minimum atomic E-state index is 0.450. The second-order valence-electron chi connectivity index (χ2n) is 7.19. The molecule has 2 aliphatic rings. The smallest absolute Gasteiger partial charge is 0.0233 e. The third-order valence-corrected chi connectivity index (χ3v) is 6.38. The zero-order chi connectivity index (χ0) is 15.9. The predicted molar refractivity (Wildman–Crippen MR) is 99.4 cm³/mol. The van der Waals surface area contributed by atoms with Crippen LogP contribution in [0.1, 0.15) is 30.9 Å². The van der Waals surface area contributed by atoms with E-state index in [9.17, 15) is 0 Å². The second-order valence-corrected chi connectivity index (χ2v) is 8.11. The SMILES string of the molecule is CCCC1(c2cccc(Br)c2)C2CN(Cc3ccccc3)CC21. The molecule has 0 bridgehead atoms. The van der Waals surface area contributed by atoms with Crippen molar-refractivity contribution < 1.29 is 0 Å². The van der Waals surface area contributed by atoms with Gasteiger partial charge in [0, 0.05) is 29.5 Å². The zero-order valence-corrected chi connectivity index (χ0v) is 15.3. The molecule has 2 aromatic rings. The van der Waals surface area contributed by atoms with Gasteiger partial charge in [0.15, 0.2) is 0 Å². The summed E-state index contributed by atoms with van der Waals surface area (Å²) in [5, 5.41) is 0. The molecule has 1 saturated carbocycles. The van der Waals surface area contributed by atoms with Crippen molar-refractivity contribution in [3.8, 4) is 0 Å². The Balaban J connectivity index is 1.50. The molecule has 1 nitrogen and oxygen atoms in total. The van der Waals surface area contributed by atoms with Crippen LogP contribution in [-0.4, -0.2) is 18.0 Å². The van der Waals surface area contributed by atoms with Crippen molar-refractivity contribution in [1.29, 1.82) is 0 Å². The molecule has 1 aliphatic carbocycles. The van der Waals surface area contributed by atoms with Crippen LogP contribution in [0.25, 0.3) is 0 Å². The molecule has 1 aliphatic heterocycles. The minimum Gasteiger partial charge on any atom is -0.298 e. The Morgan fingerprint density at radius 3 is 2.43 bits per heavy atom. The first-order chi connectivity index (χ1) is 11.2. The third-order valence-electron chi connectivity index (χ3n) is 5.88. The lowest BCUT2D eigenvalue weighted by Gasteiger charge is -2.27. The maximum Gasteiger partial charge on any atom is 0.0233 e. The monoisotopic (exact) mass is 369 g/mol. The summed E-state index contributed by atoms with van der Waals surface area (Å²) in [5.41, 5.74) is 3.45. The van der Waals surface area contributed by atoms with E-state index in [1.807, 2.05) is 0 Å². The van der Waals surface area contributed by atoms with Crippen molar-refractivity contribution in [3.05, 3.63) is 70.2 Å². The number of likely N-dealkylation sites (tertiary alicyclic amines) is 1. The Kier molecular flexibility index (Phi) is 4.07. The fourth-order valence-electron chi connectivity index (χ4n) is 4.92. The lowest BCUT2D eigenvalue weighted by atomic mass is 9.86. The first-order valence-corrected chi connectivity index (χ1v) is 9.55. The van der Waals surface area contributed by atoms with E-state index in [2.05, 4.69) is 82.4 Å². The fourth-order valence-corrected chi connectivity index (χ4v) is 5.32. The highest BCUT2D eigenvalue weighted by molar-refractivity contribution is 9.10. The molecule has 120 valence electrons. The first-order valence-electron chi connectivity index (χ1n) is 8.76. The molecule has 4 rings (SSSR count). The standard InChI is InChI=1S/C21H24BrN/c1-2-11-21(17-9-6-10-18(22)12-17)19-14-23(15-20(19)21)13-16-7-4-3-5-8-16/h3-10,12,19-20H,2,11,13-15H2,1H3. The largest absolute Gasteiger partial charge is 0.298 e. The number of hydrogen-bond donors (Lipinski definition) is 0. The van der Waals surface area contributed by atoms with E-state index in [1.54, 1.807) is 5.56 Å². The Bertz CT molecular complexity index is 669. The number of piperidine rings is 1. The molecule has 0 N–H and O–H groups in total. The van der Waals surface area contributed by atoms with Crippen LogP contribution >= 0.6 is 15.9 Å². The van der Waals surface area contributed by atoms with Crippen LogP contribution in [0, 0.1) is 11.8 Å². The zero-order valence-electron chi connectivity index (χ0n) is 13.7. The van der Waals surface area contributed by atoms with Crippen molar-refractivity contribution in [3.63, 3.8) is 0 Å². The maximum absolute atomic E-state index is 3.66. The molecule has 0 spiro atoms. The van der Waals surface area contributed by atoms with E-state index < -0.39 is 0 Å². The predicted octanol–water partition coefficient (Wildman–Crippen LogP) is 5.25. The van der Waals surface area contributed by atoms with Crippen LogP contribution in [0.4, 0.5) is 0 Å². The topological polar surface area (TPSA) is 3.24 Å². The summed E-state index contributed by atoms with van der Waals surface area (Å²) in [4.78, 5) is 2.65. The summed E-state index contributed by atoms with van der Waals surface area (Å²) < 4.78 is 1.22. The normalized spacial score (nSPS) is 29.5. The molecular formula is C21H24BrN. The average molecular weight is 370 g/mol. The van der Waals surface area contributed by atoms with E-state index in [0.717, 1.165) is 18.4 Å². The molecule has 2 unspecified atom stereocenters. The molecule has 23 heavy (non-hydrogen) atoms. The van der Waals surface area contributed by atoms with E-state index in [-0.39, 0.29) is 0 Å². The quantitative estimate of drug-likeness (QED) is 0.695. The van der Waals surface area contributed by atoms with Gasteiger partial charge in [-0.15, -0.1) is 0 Å². The molecule has 2 atom stereocenters. The molecule has 2 fully saturated rings. The summed E-state index contributed by atoms with van der Waals surface area (Å²) in [5.74, 6) is 1.70. The van der Waals surface area contributed by atoms with Gasteiger partial charge in [-0.2, -0.15) is 0 Å². The summed E-state index contributed by atoms with van der Waals surface area (Å²) in [6.45, 7) is 5.95. The number of benzene rings is 2. The fraction of sp³-hybridized carbons (Fsp3) is 0.429. The summed E-state index contributed by atoms with van der Waals surface area (Å²) in [6.07, 6.45) is 2.61. The number of halogens is 1. The molecule has 2 aromatic carbocycles. The number of hydrogen-bond acceptors (Lipinski definition) is 1. The van der Waals surface area contributed by atoms with E-state index in [1.165, 1.54) is 36.0 Å². The van der Waals surface area contributed by atoms with Gasteiger partial charge in [-0.25, -0.2) is 0 Å². The highest BCUT2D eigenvalue weighted by atomic mass is 79.9. The summed E-state index contributed by atoms with van der Waals surface area (Å²) in [6, 6.07) is 19.9. The van der Waals surface area contributed by atoms with Gasteiger partial charge in [0.1, 0.15) is 0 Å². The van der Waals surface area contributed by atoms with Crippen LogP contribution in [-0.2, 0) is 12.0 Å². The van der Waals surface area contributed by atoms with Gasteiger partial charge in [-0.05, 0) is 41.5 Å². The summed E-state index contributed by atoms with van der Waals surface area (Å²) in [7, 11) is 0. The van der Waals surface area contributed by atoms with Gasteiger partial charge in [0.05, 0.1) is 0 Å². The van der Waals surface area contributed by atoms with Crippen LogP contribution in [0.15, 0.2) is 59.1 Å². The van der Waals surface area contributed by atoms with Crippen molar-refractivity contribution in [2.45, 2.75) is 31.7 Å². The first kappa shape index (κ1) is 15.4. The van der Waals surface area contributed by atoms with Gasteiger partial charge in [-0.1, -0.05) is 71.7 Å². The Morgan fingerprint density at radius 1 is 1.04 bits per heavy atom. The van der Waals surface area contributed by atoms with Crippen molar-refractivity contribution in [1.82, 2.24) is 4.90 Å². The molecule has 2 heteroatoms. The lowest BCUT2D eigenvalue weighted by Crippen LogP contribution is -2.30.